The van der Waals surface area contributed by atoms with Gasteiger partial charge in [0.2, 0.25) is 0 Å². The van der Waals surface area contributed by atoms with Crippen LogP contribution < -0.4 is 10.4 Å². The van der Waals surface area contributed by atoms with Crippen LogP contribution in [0.15, 0.2) is 24.3 Å². The van der Waals surface area contributed by atoms with Crippen molar-refractivity contribution in [1.29, 1.82) is 0 Å². The minimum atomic E-state index is -0.668. The third-order valence-electron chi connectivity index (χ3n) is 2.28. The van der Waals surface area contributed by atoms with E-state index in [2.05, 4.69) is 5.32 Å². The van der Waals surface area contributed by atoms with E-state index in [1.165, 1.54) is 0 Å². The van der Waals surface area contributed by atoms with Crippen LogP contribution in [0.3, 0.4) is 0 Å². The Bertz CT molecular complexity index is 445. The molecule has 0 unspecified atom stereocenters. The van der Waals surface area contributed by atoms with Crippen molar-refractivity contribution in [2.24, 2.45) is 0 Å². The zero-order chi connectivity index (χ0) is 11.7. The van der Waals surface area contributed by atoms with E-state index in [4.69, 9.17) is 4.84 Å². The van der Waals surface area contributed by atoms with Crippen molar-refractivity contribution in [2.75, 3.05) is 5.06 Å². The van der Waals surface area contributed by atoms with Gasteiger partial charge in [-0.3, -0.25) is 14.9 Å². The van der Waals surface area contributed by atoms with Crippen LogP contribution in [0.5, 0.6) is 0 Å². The maximum atomic E-state index is 11.5. The van der Waals surface area contributed by atoms with Crippen LogP contribution in [-0.2, 0) is 9.63 Å². The number of amides is 3. The molecule has 16 heavy (non-hydrogen) atoms. The second-order valence-corrected chi connectivity index (χ2v) is 3.68. The van der Waals surface area contributed by atoms with Crippen molar-refractivity contribution in [3.63, 3.8) is 0 Å². The maximum absolute atomic E-state index is 11.5. The first-order valence-electron chi connectivity index (χ1n) is 4.96. The molecule has 3 amide bonds. The Labute approximate surface area is 93.0 Å². The van der Waals surface area contributed by atoms with Crippen LogP contribution in [0.2, 0.25) is 0 Å². The summed E-state index contributed by atoms with van der Waals surface area (Å²) in [4.78, 5) is 27.9. The van der Waals surface area contributed by atoms with Gasteiger partial charge < -0.3 is 0 Å². The first-order chi connectivity index (χ1) is 7.58. The number of hydrogen-bond acceptors (Lipinski definition) is 3. The van der Waals surface area contributed by atoms with Gasteiger partial charge in [0.25, 0.3) is 5.91 Å². The van der Waals surface area contributed by atoms with Gasteiger partial charge in [-0.25, -0.2) is 4.79 Å². The number of anilines is 1. The number of carbonyl (C=O) groups is 2. The number of imide groups is 1. The average molecular weight is 220 g/mol. The number of rotatable bonds is 1. The predicted octanol–water partition coefficient (Wildman–Crippen LogP) is 1.37. The summed E-state index contributed by atoms with van der Waals surface area (Å²) in [5, 5.41) is 3.32. The third kappa shape index (κ3) is 1.90. The molecule has 5 heteroatoms. The molecule has 1 heterocycles. The second kappa shape index (κ2) is 3.94. The molecule has 0 aliphatic carbocycles. The molecule has 1 fully saturated rings. The van der Waals surface area contributed by atoms with Gasteiger partial charge in [0.15, 0.2) is 6.10 Å². The van der Waals surface area contributed by atoms with E-state index in [1.54, 1.807) is 13.0 Å². The molecule has 1 saturated heterocycles. The Hall–Kier alpha value is -1.88. The van der Waals surface area contributed by atoms with Crippen LogP contribution in [0.4, 0.5) is 10.5 Å². The minimum Gasteiger partial charge on any atom is -0.273 e. The fourth-order valence-corrected chi connectivity index (χ4v) is 1.44. The highest BCUT2D eigenvalue weighted by Gasteiger charge is 2.31. The zero-order valence-corrected chi connectivity index (χ0v) is 9.06. The van der Waals surface area contributed by atoms with Crippen molar-refractivity contribution in [2.45, 2.75) is 20.0 Å². The highest BCUT2D eigenvalue weighted by molar-refractivity contribution is 6.04. The lowest BCUT2D eigenvalue weighted by Crippen LogP contribution is -2.54. The van der Waals surface area contributed by atoms with E-state index < -0.39 is 18.0 Å². The Kier molecular flexibility index (Phi) is 2.62. The number of benzene rings is 1. The summed E-state index contributed by atoms with van der Waals surface area (Å²) in [5.74, 6) is -0.422. The molecule has 84 valence electrons. The summed E-state index contributed by atoms with van der Waals surface area (Å²) >= 11 is 0. The number of urea groups is 1. The largest absolute Gasteiger partial charge is 0.352 e. The molecule has 5 nitrogen and oxygen atoms in total. The SMILES string of the molecule is Cc1cccc(N2O[C@H](C)C(=O)NC2=O)c1. The average Bonchev–Trinajstić information content (AvgIpc) is 2.23. The van der Waals surface area contributed by atoms with Crippen LogP contribution in [0.25, 0.3) is 0 Å². The van der Waals surface area contributed by atoms with Gasteiger partial charge in [0, 0.05) is 0 Å². The molecule has 0 aromatic heterocycles. The van der Waals surface area contributed by atoms with Crippen molar-refractivity contribution < 1.29 is 14.4 Å². The van der Waals surface area contributed by atoms with Gasteiger partial charge in [-0.1, -0.05) is 12.1 Å². The number of nitrogens with zero attached hydrogens (tertiary/aromatic N) is 1. The Morgan fingerprint density at radius 2 is 2.12 bits per heavy atom. The Morgan fingerprint density at radius 1 is 1.38 bits per heavy atom. The van der Waals surface area contributed by atoms with Gasteiger partial charge in [0.05, 0.1) is 5.69 Å². The standard InChI is InChI=1S/C11H12N2O3/c1-7-4-3-5-9(6-7)13-11(15)12-10(14)8(2)16-13/h3-6,8H,1-2H3,(H,12,14,15)/t8-/m1/s1. The molecule has 1 aromatic carbocycles. The first kappa shape index (κ1) is 10.6. The van der Waals surface area contributed by atoms with Crippen molar-refractivity contribution >= 4 is 17.6 Å². The predicted molar refractivity (Wildman–Crippen MR) is 57.7 cm³/mol. The third-order valence-corrected chi connectivity index (χ3v) is 2.28. The summed E-state index contributed by atoms with van der Waals surface area (Å²) in [6.07, 6.45) is -0.668. The number of hydroxylamine groups is 1. The van der Waals surface area contributed by atoms with Gasteiger partial charge in [-0.2, -0.15) is 5.06 Å². The molecule has 0 bridgehead atoms. The minimum absolute atomic E-state index is 0.422. The Balaban J connectivity index is 2.27. The molecule has 1 aliphatic rings. The quantitative estimate of drug-likeness (QED) is 0.777. The number of nitrogens with one attached hydrogen (secondary N) is 1. The van der Waals surface area contributed by atoms with Gasteiger partial charge in [-0.15, -0.1) is 0 Å². The van der Waals surface area contributed by atoms with Crippen molar-refractivity contribution in [1.82, 2.24) is 5.32 Å². The molecule has 0 radical (unpaired) electrons. The fourth-order valence-electron chi connectivity index (χ4n) is 1.44. The molecular weight excluding hydrogens is 208 g/mol. The van der Waals surface area contributed by atoms with Crippen LogP contribution in [0.1, 0.15) is 12.5 Å². The van der Waals surface area contributed by atoms with Crippen molar-refractivity contribution in [3.8, 4) is 0 Å². The number of carbonyl (C=O) groups excluding carboxylic acids is 2. The lowest BCUT2D eigenvalue weighted by Gasteiger charge is -2.29. The summed E-state index contributed by atoms with van der Waals surface area (Å²) in [6.45, 7) is 3.50. The van der Waals surface area contributed by atoms with Crippen LogP contribution >= 0.6 is 0 Å². The number of hydrogen-bond donors (Lipinski definition) is 1. The highest BCUT2D eigenvalue weighted by Crippen LogP contribution is 2.19. The monoisotopic (exact) mass is 220 g/mol. The van der Waals surface area contributed by atoms with Gasteiger partial charge in [-0.05, 0) is 31.5 Å². The van der Waals surface area contributed by atoms with Crippen LogP contribution in [0, 0.1) is 6.92 Å². The molecule has 1 atom stereocenters. The summed E-state index contributed by atoms with van der Waals surface area (Å²) < 4.78 is 0. The summed E-state index contributed by atoms with van der Waals surface area (Å²) in [7, 11) is 0. The summed E-state index contributed by atoms with van der Waals surface area (Å²) in [5.41, 5.74) is 1.62. The molecule has 1 aliphatic heterocycles. The highest BCUT2D eigenvalue weighted by atomic mass is 16.7. The first-order valence-corrected chi connectivity index (χ1v) is 4.96. The maximum Gasteiger partial charge on any atom is 0.352 e. The summed E-state index contributed by atoms with van der Waals surface area (Å²) in [6, 6.07) is 6.73. The van der Waals surface area contributed by atoms with E-state index in [1.807, 2.05) is 25.1 Å². The zero-order valence-electron chi connectivity index (χ0n) is 9.06. The Morgan fingerprint density at radius 3 is 2.81 bits per heavy atom. The molecular formula is C11H12N2O3. The second-order valence-electron chi connectivity index (χ2n) is 3.68. The molecule has 2 rings (SSSR count). The van der Waals surface area contributed by atoms with E-state index in [0.29, 0.717) is 5.69 Å². The van der Waals surface area contributed by atoms with Gasteiger partial charge >= 0.3 is 6.03 Å². The van der Waals surface area contributed by atoms with Gasteiger partial charge in [0.1, 0.15) is 0 Å². The molecule has 1 aromatic rings. The smallest absolute Gasteiger partial charge is 0.273 e. The molecule has 1 N–H and O–H groups in total. The van der Waals surface area contributed by atoms with E-state index in [9.17, 15) is 9.59 Å². The van der Waals surface area contributed by atoms with E-state index in [-0.39, 0.29) is 0 Å². The lowest BCUT2D eigenvalue weighted by atomic mass is 10.2. The van der Waals surface area contributed by atoms with E-state index in [0.717, 1.165) is 10.6 Å². The lowest BCUT2D eigenvalue weighted by molar-refractivity contribution is -0.133. The molecule has 0 saturated carbocycles. The normalized spacial score (nSPS) is 20.9. The van der Waals surface area contributed by atoms with E-state index >= 15 is 0 Å². The topological polar surface area (TPSA) is 58.6 Å². The van der Waals surface area contributed by atoms with Crippen LogP contribution in [-0.4, -0.2) is 18.0 Å². The fraction of sp³-hybridized carbons (Fsp3) is 0.273. The molecule has 0 spiro atoms. The number of aryl methyl sites for hydroxylation is 1. The van der Waals surface area contributed by atoms with Crippen molar-refractivity contribution in [3.05, 3.63) is 29.8 Å².